The van der Waals surface area contributed by atoms with E-state index >= 15 is 0 Å². The summed E-state index contributed by atoms with van der Waals surface area (Å²) in [7, 11) is -3.79. The van der Waals surface area contributed by atoms with Gasteiger partial charge in [0.25, 0.3) is 0 Å². The Bertz CT molecular complexity index is 915. The number of sulfonamides is 1. The van der Waals surface area contributed by atoms with Gasteiger partial charge in [-0.05, 0) is 48.7 Å². The molecule has 2 rings (SSSR count). The minimum Gasteiger partial charge on any atom is -0.324 e. The highest BCUT2D eigenvalue weighted by atomic mass is 35.5. The van der Waals surface area contributed by atoms with E-state index in [-0.39, 0.29) is 17.1 Å². The third-order valence-electron chi connectivity index (χ3n) is 4.11. The fraction of sp³-hybridized carbons (Fsp3) is 0.316. The van der Waals surface area contributed by atoms with Gasteiger partial charge in [0.05, 0.1) is 17.0 Å². The quantitative estimate of drug-likeness (QED) is 0.692. The van der Waals surface area contributed by atoms with Gasteiger partial charge in [-0.3, -0.25) is 9.10 Å². The highest BCUT2D eigenvalue weighted by Crippen LogP contribution is 2.33. The van der Waals surface area contributed by atoms with Crippen molar-refractivity contribution in [2.45, 2.75) is 32.7 Å². The van der Waals surface area contributed by atoms with Gasteiger partial charge in [0.2, 0.25) is 15.9 Å². The van der Waals surface area contributed by atoms with Crippen LogP contribution in [0.2, 0.25) is 10.0 Å². The van der Waals surface area contributed by atoms with Crippen molar-refractivity contribution in [1.29, 1.82) is 0 Å². The summed E-state index contributed by atoms with van der Waals surface area (Å²) in [6, 6.07) is 11.0. The van der Waals surface area contributed by atoms with E-state index in [9.17, 15) is 13.2 Å². The molecule has 2 aromatic rings. The topological polar surface area (TPSA) is 66.5 Å². The number of nitrogens with zero attached hydrogens (tertiary/aromatic N) is 1. The number of nitrogens with one attached hydrogen (secondary N) is 1. The molecule has 27 heavy (non-hydrogen) atoms. The second-order valence-corrected chi connectivity index (χ2v) is 8.82. The van der Waals surface area contributed by atoms with E-state index in [4.69, 9.17) is 23.2 Å². The lowest BCUT2D eigenvalue weighted by Gasteiger charge is -2.30. The Hall–Kier alpha value is -1.76. The molecule has 0 aliphatic carbocycles. The van der Waals surface area contributed by atoms with E-state index in [1.165, 1.54) is 12.1 Å². The molecule has 0 saturated carbocycles. The Labute approximate surface area is 170 Å². The summed E-state index contributed by atoms with van der Waals surface area (Å²) >= 11 is 12.2. The first-order valence-electron chi connectivity index (χ1n) is 8.51. The van der Waals surface area contributed by atoms with Crippen LogP contribution in [0.5, 0.6) is 0 Å². The van der Waals surface area contributed by atoms with Crippen LogP contribution in [0.15, 0.2) is 42.5 Å². The number of amides is 1. The zero-order valence-electron chi connectivity index (χ0n) is 15.4. The second-order valence-electron chi connectivity index (χ2n) is 6.12. The second kappa shape index (κ2) is 8.95. The predicted octanol–water partition coefficient (Wildman–Crippen LogP) is 4.74. The van der Waals surface area contributed by atoms with Crippen molar-refractivity contribution < 1.29 is 13.2 Å². The Morgan fingerprint density at radius 1 is 1.11 bits per heavy atom. The molecule has 0 unspecified atom stereocenters. The maximum atomic E-state index is 12.9. The maximum Gasteiger partial charge on any atom is 0.248 e. The van der Waals surface area contributed by atoms with Crippen LogP contribution < -0.4 is 9.62 Å². The first-order chi connectivity index (χ1) is 12.7. The van der Waals surface area contributed by atoms with Crippen molar-refractivity contribution in [1.82, 2.24) is 0 Å². The van der Waals surface area contributed by atoms with Gasteiger partial charge < -0.3 is 5.32 Å². The van der Waals surface area contributed by atoms with E-state index in [1.54, 1.807) is 25.1 Å². The standard InChI is InChI=1S/C19H22Cl2N2O3S/c1-4-13-6-9-15(10-7-13)22-19(24)17(5-2)23(27(3,25)26)18-12-14(20)8-11-16(18)21/h6-12,17H,4-5H2,1-3H3,(H,22,24)/t17-/m1/s1. The third kappa shape index (κ3) is 5.37. The van der Waals surface area contributed by atoms with Crippen LogP contribution in [0, 0.1) is 0 Å². The molecule has 0 bridgehead atoms. The fourth-order valence-electron chi connectivity index (χ4n) is 2.74. The predicted molar refractivity (Wildman–Crippen MR) is 112 cm³/mol. The van der Waals surface area contributed by atoms with E-state index < -0.39 is 22.0 Å². The van der Waals surface area contributed by atoms with Crippen LogP contribution in [0.3, 0.4) is 0 Å². The zero-order chi connectivity index (χ0) is 20.2. The number of hydrogen-bond acceptors (Lipinski definition) is 3. The lowest BCUT2D eigenvalue weighted by molar-refractivity contribution is -0.117. The number of carbonyl (C=O) groups excluding carboxylic acids is 1. The Balaban J connectivity index is 2.39. The summed E-state index contributed by atoms with van der Waals surface area (Å²) in [4.78, 5) is 12.9. The Kier molecular flexibility index (Phi) is 7.14. The Morgan fingerprint density at radius 3 is 2.26 bits per heavy atom. The number of benzene rings is 2. The monoisotopic (exact) mass is 428 g/mol. The summed E-state index contributed by atoms with van der Waals surface area (Å²) in [5.41, 5.74) is 1.92. The van der Waals surface area contributed by atoms with Crippen molar-refractivity contribution in [3.63, 3.8) is 0 Å². The summed E-state index contributed by atoms with van der Waals surface area (Å²) in [6.45, 7) is 3.78. The smallest absolute Gasteiger partial charge is 0.248 e. The van der Waals surface area contributed by atoms with Crippen LogP contribution in [0.4, 0.5) is 11.4 Å². The maximum absolute atomic E-state index is 12.9. The molecule has 0 spiro atoms. The SMILES string of the molecule is CCc1ccc(NC(=O)[C@@H](CC)N(c2cc(Cl)ccc2Cl)S(C)(=O)=O)cc1. The molecule has 1 N–H and O–H groups in total. The molecule has 146 valence electrons. The number of rotatable bonds is 7. The molecular weight excluding hydrogens is 407 g/mol. The molecule has 0 heterocycles. The number of aryl methyl sites for hydroxylation is 1. The minimum absolute atomic E-state index is 0.176. The molecule has 0 aromatic heterocycles. The van der Waals surface area contributed by atoms with Crippen molar-refractivity contribution in [2.75, 3.05) is 15.9 Å². The van der Waals surface area contributed by atoms with Gasteiger partial charge in [-0.15, -0.1) is 0 Å². The van der Waals surface area contributed by atoms with Crippen molar-refractivity contribution in [2.24, 2.45) is 0 Å². The normalized spacial score (nSPS) is 12.5. The molecule has 0 radical (unpaired) electrons. The lowest BCUT2D eigenvalue weighted by atomic mass is 10.1. The zero-order valence-corrected chi connectivity index (χ0v) is 17.7. The van der Waals surface area contributed by atoms with Gasteiger partial charge in [0, 0.05) is 10.7 Å². The number of hydrogen-bond donors (Lipinski definition) is 1. The van der Waals surface area contributed by atoms with E-state index in [0.29, 0.717) is 10.7 Å². The Morgan fingerprint density at radius 2 is 1.74 bits per heavy atom. The van der Waals surface area contributed by atoms with E-state index in [0.717, 1.165) is 22.5 Å². The number of halogens is 2. The van der Waals surface area contributed by atoms with Crippen LogP contribution in [-0.2, 0) is 21.2 Å². The summed E-state index contributed by atoms with van der Waals surface area (Å²) in [5, 5.41) is 3.30. The van der Waals surface area contributed by atoms with Gasteiger partial charge in [0.1, 0.15) is 6.04 Å². The first kappa shape index (κ1) is 21.5. The summed E-state index contributed by atoms with van der Waals surface area (Å²) in [5.74, 6) is -0.441. The average molecular weight is 429 g/mol. The van der Waals surface area contributed by atoms with Gasteiger partial charge in [0.15, 0.2) is 0 Å². The molecule has 0 aliphatic rings. The number of carbonyl (C=O) groups is 1. The van der Waals surface area contributed by atoms with E-state index in [1.807, 2.05) is 19.1 Å². The molecule has 1 amide bonds. The fourth-order valence-corrected chi connectivity index (χ4v) is 4.38. The highest BCUT2D eigenvalue weighted by molar-refractivity contribution is 7.92. The molecule has 0 fully saturated rings. The van der Waals surface area contributed by atoms with Gasteiger partial charge in [-0.25, -0.2) is 8.42 Å². The highest BCUT2D eigenvalue weighted by Gasteiger charge is 2.33. The average Bonchev–Trinajstić information content (AvgIpc) is 2.61. The van der Waals surface area contributed by atoms with Crippen molar-refractivity contribution in [3.8, 4) is 0 Å². The molecular formula is C19H22Cl2N2O3S. The van der Waals surface area contributed by atoms with Crippen molar-refractivity contribution >= 4 is 50.5 Å². The van der Waals surface area contributed by atoms with Crippen molar-refractivity contribution in [3.05, 3.63) is 58.1 Å². The van der Waals surface area contributed by atoms with Gasteiger partial charge in [-0.2, -0.15) is 0 Å². The summed E-state index contributed by atoms with van der Waals surface area (Å²) in [6.07, 6.45) is 2.19. The van der Waals surface area contributed by atoms with Crippen LogP contribution in [0.25, 0.3) is 0 Å². The molecule has 0 aliphatic heterocycles. The van der Waals surface area contributed by atoms with Crippen LogP contribution in [-0.4, -0.2) is 26.6 Å². The molecule has 2 aromatic carbocycles. The van der Waals surface area contributed by atoms with E-state index in [2.05, 4.69) is 5.32 Å². The first-order valence-corrected chi connectivity index (χ1v) is 11.1. The molecule has 0 saturated heterocycles. The van der Waals surface area contributed by atoms with Gasteiger partial charge in [-0.1, -0.05) is 49.2 Å². The lowest BCUT2D eigenvalue weighted by Crippen LogP contribution is -2.47. The largest absolute Gasteiger partial charge is 0.324 e. The molecule has 8 heteroatoms. The van der Waals surface area contributed by atoms with Crippen LogP contribution in [0.1, 0.15) is 25.8 Å². The molecule has 1 atom stereocenters. The van der Waals surface area contributed by atoms with Gasteiger partial charge >= 0.3 is 0 Å². The minimum atomic E-state index is -3.79. The summed E-state index contributed by atoms with van der Waals surface area (Å²) < 4.78 is 26.0. The molecule has 5 nitrogen and oxygen atoms in total. The van der Waals surface area contributed by atoms with Crippen LogP contribution >= 0.6 is 23.2 Å². The third-order valence-corrected chi connectivity index (χ3v) is 5.83. The number of anilines is 2.